The van der Waals surface area contributed by atoms with Gasteiger partial charge in [-0.05, 0) is 31.2 Å². The molecule has 0 spiro atoms. The molecule has 1 aromatic heterocycles. The van der Waals surface area contributed by atoms with Gasteiger partial charge >= 0.3 is 11.9 Å². The normalized spacial score (nSPS) is 11.3. The Balaban J connectivity index is 1.74. The highest BCUT2D eigenvalue weighted by molar-refractivity contribution is 7.13. The molecule has 1 atom stereocenters. The van der Waals surface area contributed by atoms with Gasteiger partial charge in [0, 0.05) is 10.9 Å². The van der Waals surface area contributed by atoms with Gasteiger partial charge in [0.1, 0.15) is 5.75 Å². The number of amides is 1. The molecule has 0 saturated carbocycles. The lowest BCUT2D eigenvalue weighted by Gasteiger charge is -2.17. The summed E-state index contributed by atoms with van der Waals surface area (Å²) >= 11 is 1.16. The number of esters is 2. The molecule has 0 aliphatic rings. The number of nitrogens with one attached hydrogen (secondary N) is 1. The quantitative estimate of drug-likeness (QED) is 0.491. The summed E-state index contributed by atoms with van der Waals surface area (Å²) in [7, 11) is 1.53. The van der Waals surface area contributed by atoms with Gasteiger partial charge in [0.15, 0.2) is 5.13 Å². The standard InChI is InChI=1S/C23H22N2O6S/c1-3-30-19(26)13-17-14-32-23(24-17)25-21(27)20(15-7-5-4-6-8-15)31-22(28)16-9-11-18(29-2)12-10-16/h4-12,14,20H,3,13H2,1-2H3,(H,24,25,27). The lowest BCUT2D eigenvalue weighted by molar-refractivity contribution is -0.142. The summed E-state index contributed by atoms with van der Waals surface area (Å²) in [4.78, 5) is 41.5. The van der Waals surface area contributed by atoms with E-state index in [0.717, 1.165) is 11.3 Å². The van der Waals surface area contributed by atoms with Crippen LogP contribution in [0.5, 0.6) is 5.75 Å². The lowest BCUT2D eigenvalue weighted by Crippen LogP contribution is -2.26. The molecule has 0 radical (unpaired) electrons. The number of anilines is 1. The summed E-state index contributed by atoms with van der Waals surface area (Å²) in [6, 6.07) is 15.1. The predicted molar refractivity (Wildman–Crippen MR) is 119 cm³/mol. The molecule has 32 heavy (non-hydrogen) atoms. The van der Waals surface area contributed by atoms with Crippen LogP contribution in [0, 0.1) is 0 Å². The van der Waals surface area contributed by atoms with E-state index in [4.69, 9.17) is 14.2 Å². The summed E-state index contributed by atoms with van der Waals surface area (Å²) < 4.78 is 15.5. The number of carbonyl (C=O) groups excluding carboxylic acids is 3. The highest BCUT2D eigenvalue weighted by Gasteiger charge is 2.26. The average molecular weight is 455 g/mol. The Morgan fingerprint density at radius 2 is 1.78 bits per heavy atom. The summed E-state index contributed by atoms with van der Waals surface area (Å²) in [5.74, 6) is -1.01. The third-order valence-corrected chi connectivity index (χ3v) is 5.11. The van der Waals surface area contributed by atoms with Crippen molar-refractivity contribution in [3.8, 4) is 5.75 Å². The van der Waals surface area contributed by atoms with Crippen molar-refractivity contribution in [2.24, 2.45) is 0 Å². The van der Waals surface area contributed by atoms with Crippen LogP contribution in [0.2, 0.25) is 0 Å². The lowest BCUT2D eigenvalue weighted by atomic mass is 10.1. The predicted octanol–water partition coefficient (Wildman–Crippen LogP) is 3.79. The van der Waals surface area contributed by atoms with E-state index in [9.17, 15) is 14.4 Å². The molecule has 3 aromatic rings. The van der Waals surface area contributed by atoms with Crippen LogP contribution in [0.3, 0.4) is 0 Å². The van der Waals surface area contributed by atoms with Crippen LogP contribution in [-0.4, -0.2) is 36.5 Å². The topological polar surface area (TPSA) is 104 Å². The maximum absolute atomic E-state index is 13.0. The van der Waals surface area contributed by atoms with E-state index in [1.807, 2.05) is 0 Å². The van der Waals surface area contributed by atoms with Crippen molar-refractivity contribution in [3.05, 3.63) is 76.8 Å². The van der Waals surface area contributed by atoms with Gasteiger partial charge in [-0.1, -0.05) is 30.3 Å². The van der Waals surface area contributed by atoms with Crippen LogP contribution < -0.4 is 10.1 Å². The van der Waals surface area contributed by atoms with Gasteiger partial charge in [-0.3, -0.25) is 14.9 Å². The fourth-order valence-corrected chi connectivity index (χ4v) is 3.49. The number of benzene rings is 2. The van der Waals surface area contributed by atoms with Crippen molar-refractivity contribution in [1.82, 2.24) is 4.98 Å². The molecule has 1 heterocycles. The van der Waals surface area contributed by atoms with Gasteiger partial charge in [-0.2, -0.15) is 0 Å². The fraction of sp³-hybridized carbons (Fsp3) is 0.217. The van der Waals surface area contributed by atoms with E-state index in [1.165, 1.54) is 7.11 Å². The van der Waals surface area contributed by atoms with Crippen molar-refractivity contribution >= 4 is 34.3 Å². The van der Waals surface area contributed by atoms with Crippen LogP contribution in [-0.2, 0) is 25.5 Å². The molecule has 0 aliphatic heterocycles. The third kappa shape index (κ3) is 6.14. The zero-order valence-corrected chi connectivity index (χ0v) is 18.4. The minimum absolute atomic E-state index is 0.00871. The SMILES string of the molecule is CCOC(=O)Cc1csc(NC(=O)C(OC(=O)c2ccc(OC)cc2)c2ccccc2)n1. The first-order valence-electron chi connectivity index (χ1n) is 9.81. The second kappa shape index (κ2) is 11.1. The molecule has 0 saturated heterocycles. The van der Waals surface area contributed by atoms with Crippen molar-refractivity contribution in [2.45, 2.75) is 19.4 Å². The van der Waals surface area contributed by atoms with Crippen molar-refractivity contribution < 1.29 is 28.6 Å². The third-order valence-electron chi connectivity index (χ3n) is 4.30. The zero-order chi connectivity index (χ0) is 22.9. The molecular formula is C23H22N2O6S. The van der Waals surface area contributed by atoms with Crippen LogP contribution >= 0.6 is 11.3 Å². The molecule has 3 rings (SSSR count). The van der Waals surface area contributed by atoms with E-state index < -0.39 is 23.9 Å². The minimum Gasteiger partial charge on any atom is -0.497 e. The maximum atomic E-state index is 13.0. The van der Waals surface area contributed by atoms with Gasteiger partial charge < -0.3 is 14.2 Å². The van der Waals surface area contributed by atoms with Gasteiger partial charge in [0.05, 0.1) is 31.4 Å². The molecule has 0 aliphatic carbocycles. The number of hydrogen-bond donors (Lipinski definition) is 1. The number of nitrogens with zero attached hydrogens (tertiary/aromatic N) is 1. The number of thiazole rings is 1. The van der Waals surface area contributed by atoms with Crippen molar-refractivity contribution in [3.63, 3.8) is 0 Å². The van der Waals surface area contributed by atoms with Gasteiger partial charge in [0.2, 0.25) is 6.10 Å². The molecule has 2 aromatic carbocycles. The molecular weight excluding hydrogens is 432 g/mol. The number of aromatic nitrogens is 1. The largest absolute Gasteiger partial charge is 0.497 e. The zero-order valence-electron chi connectivity index (χ0n) is 17.6. The Morgan fingerprint density at radius 1 is 1.06 bits per heavy atom. The van der Waals surface area contributed by atoms with Crippen molar-refractivity contribution in [2.75, 3.05) is 19.0 Å². The fourth-order valence-electron chi connectivity index (χ4n) is 2.78. The monoisotopic (exact) mass is 454 g/mol. The van der Waals surface area contributed by atoms with Gasteiger partial charge in [-0.15, -0.1) is 11.3 Å². The summed E-state index contributed by atoms with van der Waals surface area (Å²) in [5.41, 5.74) is 1.27. The maximum Gasteiger partial charge on any atom is 0.339 e. The highest BCUT2D eigenvalue weighted by atomic mass is 32.1. The van der Waals surface area contributed by atoms with Crippen LogP contribution in [0.1, 0.15) is 34.6 Å². The summed E-state index contributed by atoms with van der Waals surface area (Å²) in [6.07, 6.45) is -1.18. The Labute approximate surface area is 189 Å². The van der Waals surface area contributed by atoms with Crippen LogP contribution in [0.25, 0.3) is 0 Å². The van der Waals surface area contributed by atoms with E-state index in [1.54, 1.807) is 66.9 Å². The number of carbonyl (C=O) groups is 3. The van der Waals surface area contributed by atoms with E-state index in [0.29, 0.717) is 17.0 Å². The number of methoxy groups -OCH3 is 1. The highest BCUT2D eigenvalue weighted by Crippen LogP contribution is 2.24. The molecule has 8 nitrogen and oxygen atoms in total. The molecule has 166 valence electrons. The summed E-state index contributed by atoms with van der Waals surface area (Å²) in [6.45, 7) is 2.01. The first-order chi connectivity index (χ1) is 15.5. The molecule has 0 bridgehead atoms. The Kier molecular flexibility index (Phi) is 7.93. The molecule has 0 fully saturated rings. The van der Waals surface area contributed by atoms with Crippen molar-refractivity contribution in [1.29, 1.82) is 0 Å². The Morgan fingerprint density at radius 3 is 2.44 bits per heavy atom. The second-order valence-corrected chi connectivity index (χ2v) is 7.40. The second-order valence-electron chi connectivity index (χ2n) is 6.54. The first-order valence-corrected chi connectivity index (χ1v) is 10.7. The number of rotatable bonds is 9. The van der Waals surface area contributed by atoms with E-state index in [-0.39, 0.29) is 23.7 Å². The van der Waals surface area contributed by atoms with E-state index in [2.05, 4.69) is 10.3 Å². The van der Waals surface area contributed by atoms with Crippen LogP contribution in [0.15, 0.2) is 60.0 Å². The van der Waals surface area contributed by atoms with Gasteiger partial charge in [-0.25, -0.2) is 9.78 Å². The first kappa shape index (κ1) is 23.0. The van der Waals surface area contributed by atoms with Gasteiger partial charge in [0.25, 0.3) is 5.91 Å². The Hall–Kier alpha value is -3.72. The van der Waals surface area contributed by atoms with E-state index >= 15 is 0 Å². The van der Waals surface area contributed by atoms with Crippen LogP contribution in [0.4, 0.5) is 5.13 Å². The smallest absolute Gasteiger partial charge is 0.339 e. The summed E-state index contributed by atoms with van der Waals surface area (Å²) in [5, 5.41) is 4.61. The molecule has 9 heteroatoms. The number of ether oxygens (including phenoxy) is 3. The molecule has 1 N–H and O–H groups in total. The minimum atomic E-state index is -1.19. The molecule has 1 amide bonds. The average Bonchev–Trinajstić information content (AvgIpc) is 3.24. The molecule has 1 unspecified atom stereocenters. The Bertz CT molecular complexity index is 1070. The number of hydrogen-bond acceptors (Lipinski definition) is 8.